The van der Waals surface area contributed by atoms with Crippen LogP contribution in [0.25, 0.3) is 0 Å². The minimum Gasteiger partial charge on any atom is -0.330 e. The summed E-state index contributed by atoms with van der Waals surface area (Å²) < 4.78 is 0. The summed E-state index contributed by atoms with van der Waals surface area (Å²) in [5.41, 5.74) is 3.95. The van der Waals surface area contributed by atoms with Gasteiger partial charge < -0.3 is 10.2 Å². The third-order valence-corrected chi connectivity index (χ3v) is 5.30. The zero-order valence-corrected chi connectivity index (χ0v) is 15.5. The lowest BCUT2D eigenvalue weighted by molar-refractivity contribution is -0.130. The van der Waals surface area contributed by atoms with E-state index in [1.54, 1.807) is 0 Å². The first kappa shape index (κ1) is 17.7. The van der Waals surface area contributed by atoms with E-state index in [1.165, 1.54) is 11.1 Å². The molecule has 1 aromatic rings. The summed E-state index contributed by atoms with van der Waals surface area (Å²) >= 11 is 0. The Balaban J connectivity index is 1.76. The van der Waals surface area contributed by atoms with Gasteiger partial charge in [0.2, 0.25) is 5.91 Å². The number of fused-ring (bicyclic) bond motifs is 1. The molecule has 1 atom stereocenters. The Bertz CT molecular complexity index is 706. The predicted molar refractivity (Wildman–Crippen MR) is 100 cm³/mol. The Hall–Kier alpha value is -2.10. The van der Waals surface area contributed by atoms with E-state index < -0.39 is 0 Å². The van der Waals surface area contributed by atoms with Gasteiger partial charge in [0, 0.05) is 17.3 Å². The van der Waals surface area contributed by atoms with Gasteiger partial charge in [0.25, 0.3) is 5.91 Å². The first-order valence-corrected chi connectivity index (χ1v) is 9.44. The Morgan fingerprint density at radius 3 is 2.84 bits per heavy atom. The molecule has 1 N–H and O–H groups in total. The van der Waals surface area contributed by atoms with E-state index in [-0.39, 0.29) is 30.3 Å². The van der Waals surface area contributed by atoms with Crippen LogP contribution >= 0.6 is 0 Å². The Morgan fingerprint density at radius 1 is 1.32 bits per heavy atom. The Morgan fingerprint density at radius 2 is 2.12 bits per heavy atom. The second kappa shape index (κ2) is 7.42. The molecular weight excluding hydrogens is 312 g/mol. The molecule has 1 saturated carbocycles. The van der Waals surface area contributed by atoms with E-state index in [2.05, 4.69) is 26.1 Å². The number of anilines is 1. The molecule has 4 heteroatoms. The van der Waals surface area contributed by atoms with Crippen LogP contribution in [0.1, 0.15) is 58.4 Å². The van der Waals surface area contributed by atoms with Crippen molar-refractivity contribution >= 4 is 17.5 Å². The van der Waals surface area contributed by atoms with Crippen LogP contribution in [-0.2, 0) is 16.0 Å². The molecular formula is C21H28N2O2. The number of benzene rings is 1. The van der Waals surface area contributed by atoms with E-state index in [0.29, 0.717) is 0 Å². The van der Waals surface area contributed by atoms with E-state index in [4.69, 9.17) is 0 Å². The number of carbonyl (C=O) groups excluding carboxylic acids is 2. The number of carbonyl (C=O) groups is 2. The van der Waals surface area contributed by atoms with Crippen molar-refractivity contribution in [3.63, 3.8) is 0 Å². The fraction of sp³-hybridized carbons (Fsp3) is 0.524. The number of hydrogen-bond donors (Lipinski definition) is 1. The van der Waals surface area contributed by atoms with Gasteiger partial charge in [-0.05, 0) is 62.8 Å². The number of rotatable bonds is 5. The summed E-state index contributed by atoms with van der Waals surface area (Å²) in [6.45, 7) is 6.21. The summed E-state index contributed by atoms with van der Waals surface area (Å²) in [4.78, 5) is 27.4. The fourth-order valence-electron chi connectivity index (χ4n) is 4.11. The monoisotopic (exact) mass is 340 g/mol. The number of nitrogens with zero attached hydrogens (tertiary/aromatic N) is 1. The summed E-state index contributed by atoms with van der Waals surface area (Å²) in [7, 11) is 0. The SMILES string of the molecule is CCc1cccc(NC(=O)CC2=C3CCCCC3N(C(C)C)C2=O)c1. The van der Waals surface area contributed by atoms with Crippen LogP contribution in [0.4, 0.5) is 5.69 Å². The molecule has 1 unspecified atom stereocenters. The molecule has 134 valence electrons. The van der Waals surface area contributed by atoms with Crippen LogP contribution in [0.15, 0.2) is 35.4 Å². The molecule has 4 nitrogen and oxygen atoms in total. The zero-order valence-electron chi connectivity index (χ0n) is 15.5. The van der Waals surface area contributed by atoms with Gasteiger partial charge in [-0.1, -0.05) is 25.5 Å². The lowest BCUT2D eigenvalue weighted by atomic mass is 9.88. The lowest BCUT2D eigenvalue weighted by Crippen LogP contribution is -2.41. The highest BCUT2D eigenvalue weighted by Crippen LogP contribution is 2.39. The number of amides is 2. The van der Waals surface area contributed by atoms with Gasteiger partial charge in [-0.3, -0.25) is 9.59 Å². The van der Waals surface area contributed by atoms with Crippen molar-refractivity contribution in [2.75, 3.05) is 5.32 Å². The fourth-order valence-corrected chi connectivity index (χ4v) is 4.11. The largest absolute Gasteiger partial charge is 0.330 e. The van der Waals surface area contributed by atoms with Gasteiger partial charge in [-0.15, -0.1) is 0 Å². The molecule has 1 aliphatic carbocycles. The smallest absolute Gasteiger partial charge is 0.251 e. The lowest BCUT2D eigenvalue weighted by Gasteiger charge is -2.33. The maximum absolute atomic E-state index is 12.9. The summed E-state index contributed by atoms with van der Waals surface area (Å²) in [6, 6.07) is 8.29. The third-order valence-electron chi connectivity index (χ3n) is 5.30. The quantitative estimate of drug-likeness (QED) is 0.878. The number of aryl methyl sites for hydroxylation is 1. The number of hydrogen-bond acceptors (Lipinski definition) is 2. The summed E-state index contributed by atoms with van der Waals surface area (Å²) in [5.74, 6) is -0.0339. The molecule has 25 heavy (non-hydrogen) atoms. The molecule has 2 aliphatic rings. The van der Waals surface area contributed by atoms with E-state index >= 15 is 0 Å². The van der Waals surface area contributed by atoms with Gasteiger partial charge in [0.1, 0.15) is 0 Å². The van der Waals surface area contributed by atoms with Gasteiger partial charge in [-0.2, -0.15) is 0 Å². The van der Waals surface area contributed by atoms with Crippen molar-refractivity contribution < 1.29 is 9.59 Å². The maximum atomic E-state index is 12.9. The minimum atomic E-state index is -0.0981. The third kappa shape index (κ3) is 3.63. The van der Waals surface area contributed by atoms with Crippen LogP contribution in [0.3, 0.4) is 0 Å². The molecule has 0 spiro atoms. The molecule has 2 amide bonds. The Kier molecular flexibility index (Phi) is 5.26. The average Bonchev–Trinajstić information content (AvgIpc) is 2.87. The van der Waals surface area contributed by atoms with Crippen LogP contribution in [-0.4, -0.2) is 28.8 Å². The van der Waals surface area contributed by atoms with Crippen LogP contribution in [0.2, 0.25) is 0 Å². The molecule has 0 bridgehead atoms. The first-order chi connectivity index (χ1) is 12.0. The van der Waals surface area contributed by atoms with E-state index in [1.807, 2.05) is 29.2 Å². The predicted octanol–water partition coefficient (Wildman–Crippen LogP) is 4.07. The highest BCUT2D eigenvalue weighted by Gasteiger charge is 2.41. The molecule has 1 fully saturated rings. The second-order valence-electron chi connectivity index (χ2n) is 7.35. The molecule has 0 saturated heterocycles. The van der Waals surface area contributed by atoms with Crippen molar-refractivity contribution in [2.24, 2.45) is 0 Å². The maximum Gasteiger partial charge on any atom is 0.251 e. The molecule has 0 aromatic heterocycles. The van der Waals surface area contributed by atoms with Crippen molar-refractivity contribution in [1.29, 1.82) is 0 Å². The van der Waals surface area contributed by atoms with Gasteiger partial charge >= 0.3 is 0 Å². The van der Waals surface area contributed by atoms with Gasteiger partial charge in [0.15, 0.2) is 0 Å². The second-order valence-corrected chi connectivity index (χ2v) is 7.35. The standard InChI is InChI=1S/C21H28N2O2/c1-4-15-8-7-9-16(12-15)22-20(24)13-18-17-10-5-6-11-19(17)23(14(2)3)21(18)25/h7-9,12,14,19H,4-6,10-11,13H2,1-3H3,(H,22,24). The van der Waals surface area contributed by atoms with Crippen LogP contribution < -0.4 is 5.32 Å². The number of nitrogens with one attached hydrogen (secondary N) is 1. The highest BCUT2D eigenvalue weighted by atomic mass is 16.2. The first-order valence-electron chi connectivity index (χ1n) is 9.44. The van der Waals surface area contributed by atoms with Crippen LogP contribution in [0, 0.1) is 0 Å². The van der Waals surface area contributed by atoms with Crippen molar-refractivity contribution in [3.8, 4) is 0 Å². The van der Waals surface area contributed by atoms with E-state index in [9.17, 15) is 9.59 Å². The normalized spacial score (nSPS) is 20.2. The van der Waals surface area contributed by atoms with Crippen molar-refractivity contribution in [3.05, 3.63) is 41.0 Å². The van der Waals surface area contributed by atoms with Crippen LogP contribution in [0.5, 0.6) is 0 Å². The molecule has 1 aliphatic heterocycles. The zero-order chi connectivity index (χ0) is 18.0. The minimum absolute atomic E-state index is 0.0642. The Labute approximate surface area is 150 Å². The van der Waals surface area contributed by atoms with Gasteiger partial charge in [-0.25, -0.2) is 0 Å². The van der Waals surface area contributed by atoms with Crippen molar-refractivity contribution in [2.45, 2.75) is 71.4 Å². The molecule has 1 aromatic carbocycles. The molecule has 0 radical (unpaired) electrons. The van der Waals surface area contributed by atoms with Crippen molar-refractivity contribution in [1.82, 2.24) is 4.90 Å². The molecule has 1 heterocycles. The van der Waals surface area contributed by atoms with E-state index in [0.717, 1.165) is 43.4 Å². The summed E-state index contributed by atoms with van der Waals surface area (Å²) in [6.07, 6.45) is 5.38. The molecule has 3 rings (SSSR count). The highest BCUT2D eigenvalue weighted by molar-refractivity contribution is 6.05. The average molecular weight is 340 g/mol. The topological polar surface area (TPSA) is 49.4 Å². The van der Waals surface area contributed by atoms with Gasteiger partial charge in [0.05, 0.1) is 12.5 Å². The summed E-state index contributed by atoms with van der Waals surface area (Å²) in [5, 5.41) is 2.96.